The summed E-state index contributed by atoms with van der Waals surface area (Å²) < 4.78 is 40.3. The van der Waals surface area contributed by atoms with Crippen molar-refractivity contribution in [3.63, 3.8) is 0 Å². The van der Waals surface area contributed by atoms with Crippen molar-refractivity contribution in [2.75, 3.05) is 11.0 Å². The second kappa shape index (κ2) is 8.04. The van der Waals surface area contributed by atoms with Gasteiger partial charge in [-0.1, -0.05) is 18.2 Å². The van der Waals surface area contributed by atoms with Crippen LogP contribution in [0, 0.1) is 12.7 Å². The van der Waals surface area contributed by atoms with Crippen LogP contribution in [0.4, 0.5) is 10.1 Å². The van der Waals surface area contributed by atoms with Crippen molar-refractivity contribution in [1.82, 2.24) is 15.1 Å². The molecule has 1 heterocycles. The average molecular weight is 416 g/mol. The van der Waals surface area contributed by atoms with Gasteiger partial charge in [0.05, 0.1) is 41.1 Å². The number of nitrogens with one attached hydrogen (secondary N) is 2. The summed E-state index contributed by atoms with van der Waals surface area (Å²) in [7, 11) is -3.45. The van der Waals surface area contributed by atoms with Gasteiger partial charge in [-0.05, 0) is 49.7 Å². The predicted molar refractivity (Wildman–Crippen MR) is 109 cm³/mol. The van der Waals surface area contributed by atoms with Gasteiger partial charge in [-0.25, -0.2) is 17.5 Å². The lowest BCUT2D eigenvalue weighted by molar-refractivity contribution is 0.0939. The molecule has 1 aromatic heterocycles. The summed E-state index contributed by atoms with van der Waals surface area (Å²) in [5.74, 6) is -0.704. The summed E-state index contributed by atoms with van der Waals surface area (Å²) >= 11 is 0. The van der Waals surface area contributed by atoms with E-state index in [4.69, 9.17) is 0 Å². The third-order valence-electron chi connectivity index (χ3n) is 4.40. The van der Waals surface area contributed by atoms with Crippen molar-refractivity contribution >= 4 is 21.6 Å². The fraction of sp³-hybridized carbons (Fsp3) is 0.200. The van der Waals surface area contributed by atoms with Gasteiger partial charge in [0.1, 0.15) is 5.82 Å². The molecule has 7 nitrogen and oxygen atoms in total. The number of aromatic nitrogens is 2. The van der Waals surface area contributed by atoms with Gasteiger partial charge in [0.15, 0.2) is 0 Å². The first-order valence-corrected chi connectivity index (χ1v) is 10.7. The summed E-state index contributed by atoms with van der Waals surface area (Å²) in [6.07, 6.45) is 2.52. The number of para-hydroxylation sites is 1. The number of amides is 1. The molecule has 0 spiro atoms. The molecule has 1 amide bonds. The number of carbonyl (C=O) groups excluding carboxylic acids is 1. The highest BCUT2D eigenvalue weighted by molar-refractivity contribution is 7.92. The second-order valence-corrected chi connectivity index (χ2v) is 8.44. The van der Waals surface area contributed by atoms with Crippen molar-refractivity contribution in [3.05, 3.63) is 77.4 Å². The van der Waals surface area contributed by atoms with Crippen LogP contribution in [0.5, 0.6) is 0 Å². The van der Waals surface area contributed by atoms with E-state index in [1.807, 2.05) is 0 Å². The van der Waals surface area contributed by atoms with E-state index >= 15 is 0 Å². The molecule has 0 radical (unpaired) electrons. The molecule has 9 heteroatoms. The standard InChI is InChI=1S/C20H21FN4O3S/c1-13(17-6-4-5-7-19(17)24-29(3,27)28)23-20(26)18-12-22-25(14(18)2)16-10-8-15(21)9-11-16/h4-13,24H,1-3H3,(H,23,26). The zero-order chi connectivity index (χ0) is 21.2. The van der Waals surface area contributed by atoms with Gasteiger partial charge in [-0.2, -0.15) is 5.10 Å². The van der Waals surface area contributed by atoms with Crippen molar-refractivity contribution in [1.29, 1.82) is 0 Å². The van der Waals surface area contributed by atoms with Crippen molar-refractivity contribution < 1.29 is 17.6 Å². The predicted octanol–water partition coefficient (Wildman–Crippen LogP) is 3.18. The first kappa shape index (κ1) is 20.5. The molecule has 3 rings (SSSR count). The lowest BCUT2D eigenvalue weighted by atomic mass is 10.1. The Morgan fingerprint density at radius 2 is 1.79 bits per heavy atom. The molecule has 29 heavy (non-hydrogen) atoms. The van der Waals surface area contributed by atoms with Gasteiger partial charge >= 0.3 is 0 Å². The molecule has 0 saturated heterocycles. The minimum Gasteiger partial charge on any atom is -0.345 e. The Kier molecular flexibility index (Phi) is 5.69. The minimum atomic E-state index is -3.45. The number of nitrogens with zero attached hydrogens (tertiary/aromatic N) is 2. The monoisotopic (exact) mass is 416 g/mol. The van der Waals surface area contributed by atoms with E-state index in [0.29, 0.717) is 28.2 Å². The van der Waals surface area contributed by atoms with Crippen LogP contribution < -0.4 is 10.0 Å². The van der Waals surface area contributed by atoms with E-state index < -0.39 is 16.1 Å². The first-order chi connectivity index (χ1) is 13.7. The molecule has 0 saturated carbocycles. The summed E-state index contributed by atoms with van der Waals surface area (Å²) in [5, 5.41) is 7.09. The summed E-state index contributed by atoms with van der Waals surface area (Å²) in [4.78, 5) is 12.8. The molecule has 1 atom stereocenters. The number of anilines is 1. The lowest BCUT2D eigenvalue weighted by Gasteiger charge is -2.18. The van der Waals surface area contributed by atoms with E-state index in [0.717, 1.165) is 6.26 Å². The van der Waals surface area contributed by atoms with E-state index in [-0.39, 0.29) is 11.7 Å². The third-order valence-corrected chi connectivity index (χ3v) is 4.99. The number of hydrogen-bond acceptors (Lipinski definition) is 4. The van der Waals surface area contributed by atoms with E-state index in [1.54, 1.807) is 54.9 Å². The SMILES string of the molecule is Cc1c(C(=O)NC(C)c2ccccc2NS(C)(=O)=O)cnn1-c1ccc(F)cc1. The molecular formula is C20H21FN4O3S. The normalized spacial score (nSPS) is 12.4. The molecule has 1 unspecified atom stereocenters. The van der Waals surface area contributed by atoms with E-state index in [9.17, 15) is 17.6 Å². The quantitative estimate of drug-likeness (QED) is 0.645. The zero-order valence-electron chi connectivity index (χ0n) is 16.2. The Morgan fingerprint density at radius 1 is 1.14 bits per heavy atom. The van der Waals surface area contributed by atoms with Gasteiger partial charge < -0.3 is 5.32 Å². The number of hydrogen-bond donors (Lipinski definition) is 2. The van der Waals surface area contributed by atoms with Crippen LogP contribution in [-0.4, -0.2) is 30.4 Å². The molecule has 2 N–H and O–H groups in total. The molecule has 0 aliphatic heterocycles. The average Bonchev–Trinajstić information content (AvgIpc) is 3.03. The summed E-state index contributed by atoms with van der Waals surface area (Å²) in [6.45, 7) is 3.51. The van der Waals surface area contributed by atoms with E-state index in [2.05, 4.69) is 15.1 Å². The van der Waals surface area contributed by atoms with Gasteiger partial charge in [0.2, 0.25) is 10.0 Å². The Balaban J connectivity index is 1.82. The molecule has 0 bridgehead atoms. The third kappa shape index (κ3) is 4.80. The molecular weight excluding hydrogens is 395 g/mol. The fourth-order valence-corrected chi connectivity index (χ4v) is 3.58. The largest absolute Gasteiger partial charge is 0.345 e. The number of rotatable bonds is 6. The molecule has 2 aromatic carbocycles. The van der Waals surface area contributed by atoms with Crippen LogP contribution in [0.1, 0.15) is 34.6 Å². The van der Waals surface area contributed by atoms with Crippen molar-refractivity contribution in [2.45, 2.75) is 19.9 Å². The zero-order valence-corrected chi connectivity index (χ0v) is 17.0. The fourth-order valence-electron chi connectivity index (χ4n) is 2.99. The van der Waals surface area contributed by atoms with Gasteiger partial charge in [-0.15, -0.1) is 0 Å². The molecule has 0 aliphatic carbocycles. The van der Waals surface area contributed by atoms with Crippen LogP contribution in [0.3, 0.4) is 0 Å². The van der Waals surface area contributed by atoms with Crippen molar-refractivity contribution in [2.24, 2.45) is 0 Å². The number of benzene rings is 2. The summed E-state index contributed by atoms with van der Waals surface area (Å²) in [6, 6.07) is 12.2. The maximum Gasteiger partial charge on any atom is 0.255 e. The van der Waals surface area contributed by atoms with Gasteiger partial charge in [0.25, 0.3) is 5.91 Å². The van der Waals surface area contributed by atoms with Crippen molar-refractivity contribution in [3.8, 4) is 5.69 Å². The summed E-state index contributed by atoms with van der Waals surface area (Å²) in [5.41, 5.74) is 2.65. The maximum absolute atomic E-state index is 13.1. The highest BCUT2D eigenvalue weighted by Gasteiger charge is 2.19. The second-order valence-electron chi connectivity index (χ2n) is 6.69. The number of sulfonamides is 1. The van der Waals surface area contributed by atoms with Gasteiger partial charge in [-0.3, -0.25) is 9.52 Å². The highest BCUT2D eigenvalue weighted by Crippen LogP contribution is 2.24. The Morgan fingerprint density at radius 3 is 2.45 bits per heavy atom. The van der Waals surface area contributed by atoms with Gasteiger partial charge in [0, 0.05) is 0 Å². The Labute approximate surface area is 168 Å². The Hall–Kier alpha value is -3.20. The molecule has 0 fully saturated rings. The molecule has 3 aromatic rings. The smallest absolute Gasteiger partial charge is 0.255 e. The van der Waals surface area contributed by atoms with Crippen LogP contribution in [0.25, 0.3) is 5.69 Å². The van der Waals surface area contributed by atoms with Crippen LogP contribution in [0.2, 0.25) is 0 Å². The lowest BCUT2D eigenvalue weighted by Crippen LogP contribution is -2.28. The molecule has 152 valence electrons. The maximum atomic E-state index is 13.1. The molecule has 0 aliphatic rings. The van der Waals surface area contributed by atoms with Crippen LogP contribution in [-0.2, 0) is 10.0 Å². The minimum absolute atomic E-state index is 0.350. The number of halogens is 1. The van der Waals surface area contributed by atoms with E-state index in [1.165, 1.54) is 18.3 Å². The number of carbonyl (C=O) groups is 1. The van der Waals surface area contributed by atoms with Crippen LogP contribution >= 0.6 is 0 Å². The highest BCUT2D eigenvalue weighted by atomic mass is 32.2. The van der Waals surface area contributed by atoms with Crippen LogP contribution in [0.15, 0.2) is 54.7 Å². The first-order valence-electron chi connectivity index (χ1n) is 8.84. The topological polar surface area (TPSA) is 93.1 Å². The Bertz CT molecular complexity index is 1140.